The fourth-order valence-electron chi connectivity index (χ4n) is 3.14. The van der Waals surface area contributed by atoms with Gasteiger partial charge in [-0.3, -0.25) is 0 Å². The first-order valence-electron chi connectivity index (χ1n) is 7.34. The van der Waals surface area contributed by atoms with Crippen LogP contribution in [0.5, 0.6) is 5.75 Å². The number of thiophene rings is 1. The van der Waals surface area contributed by atoms with Crippen LogP contribution in [0.15, 0.2) is 35.4 Å². The van der Waals surface area contributed by atoms with E-state index >= 15 is 0 Å². The standard InChI is InChI=1S/C15H9ClF3N2O3PS/c16-12-4-3-11(26-12)14-6-21(25(22)23)20-13(14)9-2-1-8(15(17,18)19)5-10(9)24-7-14/h1-5H,6-7H2/p+1. The Morgan fingerprint density at radius 3 is 2.73 bits per heavy atom. The van der Waals surface area contributed by atoms with Gasteiger partial charge in [0.1, 0.15) is 24.3 Å². The van der Waals surface area contributed by atoms with E-state index in [0.29, 0.717) is 15.6 Å². The first kappa shape index (κ1) is 17.7. The largest absolute Gasteiger partial charge is 0.660 e. The van der Waals surface area contributed by atoms with Crippen LogP contribution in [0.3, 0.4) is 0 Å². The molecule has 11 heteroatoms. The maximum atomic E-state index is 13.0. The van der Waals surface area contributed by atoms with E-state index in [2.05, 4.69) is 5.10 Å². The predicted molar refractivity (Wildman–Crippen MR) is 91.0 cm³/mol. The lowest BCUT2D eigenvalue weighted by atomic mass is 9.77. The van der Waals surface area contributed by atoms with Crippen molar-refractivity contribution in [1.29, 1.82) is 0 Å². The van der Waals surface area contributed by atoms with Gasteiger partial charge >= 0.3 is 14.4 Å². The zero-order chi connectivity index (χ0) is 18.7. The van der Waals surface area contributed by atoms with Crippen molar-refractivity contribution in [2.45, 2.75) is 11.6 Å². The third kappa shape index (κ3) is 2.70. The number of hydrazone groups is 1. The summed E-state index contributed by atoms with van der Waals surface area (Å²) in [6.07, 6.45) is -4.49. The second-order valence-corrected chi connectivity index (χ2v) is 8.60. The van der Waals surface area contributed by atoms with Gasteiger partial charge in [-0.05, 0) is 30.3 Å². The van der Waals surface area contributed by atoms with Crippen molar-refractivity contribution in [2.24, 2.45) is 5.10 Å². The van der Waals surface area contributed by atoms with Crippen LogP contribution in [0, 0.1) is 0 Å². The van der Waals surface area contributed by atoms with Gasteiger partial charge in [-0.1, -0.05) is 16.4 Å². The molecule has 3 heterocycles. The molecule has 0 saturated heterocycles. The number of alkyl halides is 3. The highest BCUT2D eigenvalue weighted by molar-refractivity contribution is 7.35. The van der Waals surface area contributed by atoms with Crippen LogP contribution in [-0.4, -0.2) is 28.5 Å². The molecule has 1 aromatic heterocycles. The molecule has 2 unspecified atom stereocenters. The minimum Gasteiger partial charge on any atom is -0.491 e. The molecule has 0 spiro atoms. The van der Waals surface area contributed by atoms with E-state index in [4.69, 9.17) is 16.3 Å². The molecule has 2 aromatic rings. The molecule has 136 valence electrons. The third-order valence-corrected chi connectivity index (χ3v) is 6.42. The predicted octanol–water partition coefficient (Wildman–Crippen LogP) is 4.42. The molecule has 2 atom stereocenters. The van der Waals surface area contributed by atoms with Gasteiger partial charge in [-0.2, -0.15) is 13.2 Å². The average Bonchev–Trinajstić information content (AvgIpc) is 3.18. The van der Waals surface area contributed by atoms with E-state index in [-0.39, 0.29) is 18.9 Å². The van der Waals surface area contributed by atoms with Crippen molar-refractivity contribution in [1.82, 2.24) is 4.78 Å². The van der Waals surface area contributed by atoms with Crippen molar-refractivity contribution >= 4 is 36.8 Å². The molecule has 0 bridgehead atoms. The summed E-state index contributed by atoms with van der Waals surface area (Å²) in [5, 5.41) is 4.22. The number of hydrogen-bond acceptors (Lipinski definition) is 4. The SMILES string of the molecule is O=[P+](O)N1CC2(c3ccc(Cl)s3)COc3cc(C(F)(F)F)ccc3C2=N1. The molecule has 0 fully saturated rings. The Balaban J connectivity index is 1.87. The Labute approximate surface area is 155 Å². The molecule has 5 nitrogen and oxygen atoms in total. The molecule has 2 aliphatic rings. The molecule has 0 amide bonds. The number of benzene rings is 1. The highest BCUT2D eigenvalue weighted by atomic mass is 35.5. The molecule has 0 aliphatic carbocycles. The van der Waals surface area contributed by atoms with Gasteiger partial charge < -0.3 is 4.74 Å². The summed E-state index contributed by atoms with van der Waals surface area (Å²) >= 11 is 7.31. The molecule has 2 aliphatic heterocycles. The summed E-state index contributed by atoms with van der Waals surface area (Å²) in [5.74, 6) is 0.0480. The highest BCUT2D eigenvalue weighted by Gasteiger charge is 2.54. The molecule has 1 aromatic carbocycles. The van der Waals surface area contributed by atoms with Crippen LogP contribution in [-0.2, 0) is 16.2 Å². The highest BCUT2D eigenvalue weighted by Crippen LogP contribution is 2.48. The number of halogens is 4. The summed E-state index contributed by atoms with van der Waals surface area (Å²) in [6.45, 7) is 0.0714. The van der Waals surface area contributed by atoms with Gasteiger partial charge in [0, 0.05) is 15.0 Å². The van der Waals surface area contributed by atoms with Crippen molar-refractivity contribution in [3.8, 4) is 5.75 Å². The zero-order valence-corrected chi connectivity index (χ0v) is 15.3. The summed E-state index contributed by atoms with van der Waals surface area (Å²) < 4.78 is 57.6. The Kier molecular flexibility index (Phi) is 4.04. The van der Waals surface area contributed by atoms with Gasteiger partial charge in [-0.25, -0.2) is 0 Å². The van der Waals surface area contributed by atoms with Crippen molar-refractivity contribution in [3.63, 3.8) is 0 Å². The number of hydrogen-bond donors (Lipinski definition) is 1. The minimum absolute atomic E-state index is 0.00331. The smallest absolute Gasteiger partial charge is 0.491 e. The zero-order valence-electron chi connectivity index (χ0n) is 12.8. The van der Waals surface area contributed by atoms with E-state index in [1.54, 1.807) is 12.1 Å². The maximum Gasteiger partial charge on any atom is 0.660 e. The molecule has 0 radical (unpaired) electrons. The van der Waals surface area contributed by atoms with Gasteiger partial charge in [0.05, 0.1) is 15.6 Å². The van der Waals surface area contributed by atoms with E-state index in [0.717, 1.165) is 21.8 Å². The first-order valence-corrected chi connectivity index (χ1v) is 9.69. The lowest BCUT2D eigenvalue weighted by molar-refractivity contribution is -0.137. The second kappa shape index (κ2) is 5.92. The Morgan fingerprint density at radius 1 is 1.35 bits per heavy atom. The lowest BCUT2D eigenvalue weighted by Gasteiger charge is -2.33. The van der Waals surface area contributed by atoms with Crippen molar-refractivity contribution in [3.05, 3.63) is 50.7 Å². The van der Waals surface area contributed by atoms with E-state index in [1.165, 1.54) is 17.4 Å². The van der Waals surface area contributed by atoms with Crippen molar-refractivity contribution in [2.75, 3.05) is 13.2 Å². The minimum atomic E-state index is -4.49. The van der Waals surface area contributed by atoms with Crippen molar-refractivity contribution < 1.29 is 27.4 Å². The summed E-state index contributed by atoms with van der Waals surface area (Å²) in [4.78, 5) is 10.2. The average molecular weight is 422 g/mol. The van der Waals surface area contributed by atoms with Crippen LogP contribution in [0.4, 0.5) is 13.2 Å². The molecular weight excluding hydrogens is 412 g/mol. The van der Waals surface area contributed by atoms with Crippen LogP contribution in [0.1, 0.15) is 16.0 Å². The molecule has 26 heavy (non-hydrogen) atoms. The third-order valence-electron chi connectivity index (χ3n) is 4.36. The van der Waals surface area contributed by atoms with Crippen LogP contribution in [0.2, 0.25) is 4.34 Å². The topological polar surface area (TPSA) is 62.1 Å². The Bertz CT molecular complexity index is 948. The fourth-order valence-corrected chi connectivity index (χ4v) is 4.88. The Morgan fingerprint density at radius 2 is 2.12 bits per heavy atom. The van der Waals surface area contributed by atoms with Gasteiger partial charge in [0.15, 0.2) is 0 Å². The number of nitrogens with zero attached hydrogens (tertiary/aromatic N) is 2. The second-order valence-electron chi connectivity index (χ2n) is 5.91. The van der Waals surface area contributed by atoms with Crippen LogP contribution >= 0.6 is 31.1 Å². The Hall–Kier alpha value is -1.67. The van der Waals surface area contributed by atoms with Crippen LogP contribution < -0.4 is 4.74 Å². The van der Waals surface area contributed by atoms with Gasteiger partial charge in [0.2, 0.25) is 0 Å². The summed E-state index contributed by atoms with van der Waals surface area (Å²) in [7, 11) is -2.74. The first-order chi connectivity index (χ1) is 12.2. The lowest BCUT2D eigenvalue weighted by Crippen LogP contribution is -2.46. The summed E-state index contributed by atoms with van der Waals surface area (Å²) in [6, 6.07) is 6.62. The number of rotatable bonds is 2. The van der Waals surface area contributed by atoms with Crippen LogP contribution in [0.25, 0.3) is 0 Å². The molecule has 0 saturated carbocycles. The quantitative estimate of drug-likeness (QED) is 0.729. The molecular formula is C15H10ClF3N2O3PS+. The summed E-state index contributed by atoms with van der Waals surface area (Å²) in [5.41, 5.74) is -0.915. The van der Waals surface area contributed by atoms with E-state index in [9.17, 15) is 22.6 Å². The monoisotopic (exact) mass is 421 g/mol. The number of fused-ring (bicyclic) bond motifs is 3. The molecule has 4 rings (SSSR count). The van der Waals surface area contributed by atoms with E-state index in [1.807, 2.05) is 0 Å². The fraction of sp³-hybridized carbons (Fsp3) is 0.267. The maximum absolute atomic E-state index is 13.0. The van der Waals surface area contributed by atoms with Gasteiger partial charge in [0.25, 0.3) is 0 Å². The number of ether oxygens (including phenoxy) is 1. The molecule has 1 N–H and O–H groups in total. The van der Waals surface area contributed by atoms with E-state index < -0.39 is 25.3 Å². The van der Waals surface area contributed by atoms with Gasteiger partial charge in [-0.15, -0.1) is 21.3 Å². The normalized spacial score (nSPS) is 22.4.